The molecule has 3 aromatic rings. The van der Waals surface area contributed by atoms with E-state index >= 15 is 0 Å². The molecular formula is C48H69N9O17S2. The van der Waals surface area contributed by atoms with Crippen LogP contribution in [0.5, 0.6) is 5.75 Å². The minimum Gasteiger partial charge on any atom is -0.724 e. The number of β-lactam (4-membered cyclic amide) rings is 1. The normalized spacial score (nSPS) is 17.1. The Labute approximate surface area is 445 Å². The van der Waals surface area contributed by atoms with Crippen LogP contribution >= 0.6 is 11.3 Å². The molecule has 3 atom stereocenters. The lowest BCUT2D eigenvalue weighted by Gasteiger charge is -2.51. The van der Waals surface area contributed by atoms with Crippen molar-refractivity contribution in [3.8, 4) is 16.9 Å². The Morgan fingerprint density at radius 1 is 0.895 bits per heavy atom. The summed E-state index contributed by atoms with van der Waals surface area (Å²) in [7, 11) is -5.37. The molecule has 28 heteroatoms. The topological polar surface area (TPSA) is 321 Å². The maximum atomic E-state index is 14.0. The van der Waals surface area contributed by atoms with Crippen molar-refractivity contribution in [1.29, 1.82) is 0 Å². The zero-order valence-corrected chi connectivity index (χ0v) is 46.7. The molecule has 0 bridgehead atoms. The van der Waals surface area contributed by atoms with Crippen LogP contribution in [0.15, 0.2) is 47.2 Å². The van der Waals surface area contributed by atoms with Gasteiger partial charge in [-0.25, -0.2) is 32.6 Å². The van der Waals surface area contributed by atoms with Crippen LogP contribution in [-0.2, 0) is 65.9 Å². The van der Waals surface area contributed by atoms with Crippen LogP contribution in [0.25, 0.3) is 11.1 Å². The van der Waals surface area contributed by atoms with Gasteiger partial charge in [0.05, 0.1) is 30.4 Å². The van der Waals surface area contributed by atoms with Gasteiger partial charge in [-0.2, -0.15) is 14.0 Å². The van der Waals surface area contributed by atoms with E-state index in [1.165, 1.54) is 19.2 Å². The zero-order chi connectivity index (χ0) is 56.9. The smallest absolute Gasteiger partial charge is 0.413 e. The van der Waals surface area contributed by atoms with Gasteiger partial charge in [0.2, 0.25) is 16.6 Å². The first-order chi connectivity index (χ1) is 34.8. The number of alkyl carbamates (subject to hydrolysis) is 1. The number of benzene rings is 1. The summed E-state index contributed by atoms with van der Waals surface area (Å²) in [6, 6.07) is 5.31. The van der Waals surface area contributed by atoms with E-state index in [1.807, 2.05) is 21.8 Å². The van der Waals surface area contributed by atoms with Crippen LogP contribution in [0, 0.1) is 5.92 Å². The van der Waals surface area contributed by atoms with Crippen molar-refractivity contribution < 1.29 is 84.3 Å². The highest BCUT2D eigenvalue weighted by atomic mass is 32.3. The average molecular weight is 1110 g/mol. The second-order valence-corrected chi connectivity index (χ2v) is 24.3. The fraction of sp³-hybridized carbons (Fsp3) is 0.604. The number of thiazole rings is 1. The molecule has 4 heterocycles. The number of aromatic nitrogens is 3. The summed E-state index contributed by atoms with van der Waals surface area (Å²) in [5, 5.41) is 24.1. The third-order valence-electron chi connectivity index (χ3n) is 10.5. The molecule has 5 amide bonds. The Morgan fingerprint density at radius 3 is 2.05 bits per heavy atom. The van der Waals surface area contributed by atoms with Crippen LogP contribution in [0.1, 0.15) is 103 Å². The van der Waals surface area contributed by atoms with E-state index in [2.05, 4.69) is 30.4 Å². The molecule has 2 saturated heterocycles. The highest BCUT2D eigenvalue weighted by molar-refractivity contribution is 7.80. The Kier molecular flexibility index (Phi) is 18.5. The molecule has 1 aromatic carbocycles. The molecule has 5 rings (SSSR count). The van der Waals surface area contributed by atoms with Crippen molar-refractivity contribution in [2.24, 2.45) is 11.1 Å². The molecular weight excluding hydrogens is 1040 g/mol. The lowest BCUT2D eigenvalue weighted by Crippen LogP contribution is -2.76. The van der Waals surface area contributed by atoms with E-state index in [0.29, 0.717) is 24.7 Å². The summed E-state index contributed by atoms with van der Waals surface area (Å²) in [4.78, 5) is 89.7. The molecule has 420 valence electrons. The van der Waals surface area contributed by atoms with Gasteiger partial charge in [-0.15, -0.1) is 16.0 Å². The highest BCUT2D eigenvalue weighted by Crippen LogP contribution is 2.33. The first-order valence-electron chi connectivity index (χ1n) is 24.0. The van der Waals surface area contributed by atoms with Gasteiger partial charge < -0.3 is 53.7 Å². The zero-order valence-electron chi connectivity index (χ0n) is 45.1. The van der Waals surface area contributed by atoms with E-state index in [4.69, 9.17) is 28.5 Å². The SMILES string of the molecule is CC(C)(C)OC(=O)NC[C@H](O)C[n+]1cc(-c2ccc(OC[C@H](O/N=C(\C(=O)N[C@@H]3C(=O)N(OS(=O)(=O)[O-])C3(C)C)c3csc(NC(=O)OC(C)(C)C)n3)C(=O)OC(C)(C)C)cc2)cn1CC1CN(C(=O)OC(C)(C)C)C1. The van der Waals surface area contributed by atoms with Crippen molar-refractivity contribution in [3.63, 3.8) is 0 Å². The summed E-state index contributed by atoms with van der Waals surface area (Å²) in [6.45, 7) is 23.9. The predicted octanol–water partition coefficient (Wildman–Crippen LogP) is 4.01. The number of hydrogen-bond donors (Lipinski definition) is 4. The lowest BCUT2D eigenvalue weighted by atomic mass is 9.84. The van der Waals surface area contributed by atoms with Crippen molar-refractivity contribution in [2.75, 3.05) is 31.6 Å². The Hall–Kier alpha value is -6.62. The standard InChI is InChI=1S/C48H69N9O17S2/c1-44(2,3)69-39(61)34(73-53-35(33-27-75-40(50-33)52-42(63)71-46(7,8)9)37(59)51-36-38(60)57(48(36,13)14)74-76(65,66)67)26-68-32-17-15-29(16-18-32)30-23-55(22-28-20-54(21-28)43(64)72-47(10,11)12)56(24-30)25-31(58)19-49-41(62)70-45(4,5)6/h15-18,23-24,27-28,31,34,36,58H,19-22,25-26H2,1-14H3,(H3-,49,50,51,52,59,62,63,65,66,67)/b53-35-/t31-,34-,36+/m0/s1. The molecule has 2 aliphatic heterocycles. The number of likely N-dealkylation sites (tertiary alicyclic amines) is 1. The van der Waals surface area contributed by atoms with Gasteiger partial charge in [-0.1, -0.05) is 17.3 Å². The number of carbonyl (C=O) groups excluding carboxylic acids is 6. The Bertz CT molecular complexity index is 2720. The number of aliphatic hydroxyl groups excluding tert-OH is 1. The molecule has 0 radical (unpaired) electrons. The highest BCUT2D eigenvalue weighted by Gasteiger charge is 2.57. The van der Waals surface area contributed by atoms with Crippen molar-refractivity contribution >= 4 is 68.6 Å². The largest absolute Gasteiger partial charge is 0.724 e. The quantitative estimate of drug-likeness (QED) is 0.0193. The number of aliphatic hydroxyl groups is 1. The molecule has 2 aromatic heterocycles. The predicted molar refractivity (Wildman–Crippen MR) is 270 cm³/mol. The molecule has 0 aliphatic carbocycles. The van der Waals surface area contributed by atoms with E-state index < -0.39 is 105 Å². The van der Waals surface area contributed by atoms with Gasteiger partial charge in [0.25, 0.3) is 17.9 Å². The van der Waals surface area contributed by atoms with Crippen LogP contribution in [0.4, 0.5) is 19.5 Å². The van der Waals surface area contributed by atoms with Crippen molar-refractivity contribution in [3.05, 3.63) is 47.7 Å². The van der Waals surface area contributed by atoms with Gasteiger partial charge in [-0.05, 0) is 115 Å². The van der Waals surface area contributed by atoms with Gasteiger partial charge in [0, 0.05) is 24.4 Å². The second kappa shape index (κ2) is 23.3. The third-order valence-corrected chi connectivity index (χ3v) is 11.5. The lowest BCUT2D eigenvalue weighted by molar-refractivity contribution is -0.780. The van der Waals surface area contributed by atoms with Crippen molar-refractivity contribution in [1.82, 2.24) is 30.3 Å². The third kappa shape index (κ3) is 18.0. The minimum absolute atomic E-state index is 0.0398. The summed E-state index contributed by atoms with van der Waals surface area (Å²) >= 11 is 0.867. The summed E-state index contributed by atoms with van der Waals surface area (Å²) < 4.78 is 69.7. The van der Waals surface area contributed by atoms with E-state index in [0.717, 1.165) is 22.5 Å². The monoisotopic (exact) mass is 1110 g/mol. The molecule has 76 heavy (non-hydrogen) atoms. The minimum atomic E-state index is -5.37. The van der Waals surface area contributed by atoms with Crippen LogP contribution < -0.4 is 25.4 Å². The number of nitrogens with one attached hydrogen (secondary N) is 3. The van der Waals surface area contributed by atoms with E-state index in [9.17, 15) is 46.8 Å². The molecule has 26 nitrogen and oxygen atoms in total. The summed E-state index contributed by atoms with van der Waals surface area (Å²) in [5.74, 6) is -2.81. The number of oxime groups is 1. The van der Waals surface area contributed by atoms with E-state index in [1.54, 1.807) is 112 Å². The molecule has 4 N–H and O–H groups in total. The van der Waals surface area contributed by atoms with Crippen molar-refractivity contribution in [2.45, 2.75) is 156 Å². The Balaban J connectivity index is 1.37. The van der Waals surface area contributed by atoms with E-state index in [-0.39, 0.29) is 35.6 Å². The molecule has 0 spiro atoms. The maximum Gasteiger partial charge on any atom is 0.413 e. The van der Waals surface area contributed by atoms with Gasteiger partial charge in [0.15, 0.2) is 17.4 Å². The number of anilines is 1. The number of hydrogen-bond acceptors (Lipinski definition) is 20. The van der Waals surface area contributed by atoms with Gasteiger partial charge in [-0.3, -0.25) is 14.9 Å². The Morgan fingerprint density at radius 2 is 1.49 bits per heavy atom. The molecule has 2 fully saturated rings. The number of carbonyl (C=O) groups is 6. The molecule has 2 aliphatic rings. The summed E-state index contributed by atoms with van der Waals surface area (Å²) in [5.41, 5.74) is -4.18. The van der Waals surface area contributed by atoms with Gasteiger partial charge in [0.1, 0.15) is 52.6 Å². The molecule has 0 unspecified atom stereocenters. The number of amides is 5. The molecule has 0 saturated carbocycles. The maximum absolute atomic E-state index is 14.0. The van der Waals surface area contributed by atoms with Crippen LogP contribution in [-0.4, -0.2) is 152 Å². The number of rotatable bonds is 19. The first kappa shape index (κ1) is 60.2. The number of esters is 1. The van der Waals surface area contributed by atoms with Gasteiger partial charge >= 0.3 is 24.2 Å². The number of nitrogens with zero attached hydrogens (tertiary/aromatic N) is 6. The second-order valence-electron chi connectivity index (χ2n) is 22.5. The summed E-state index contributed by atoms with van der Waals surface area (Å²) in [6.07, 6.45) is -0.874. The fourth-order valence-corrected chi connectivity index (χ4v) is 8.31. The van der Waals surface area contributed by atoms with Crippen LogP contribution in [0.3, 0.4) is 0 Å². The number of hydroxylamine groups is 2. The fourth-order valence-electron chi connectivity index (χ4n) is 7.18. The first-order valence-corrected chi connectivity index (χ1v) is 26.2. The number of ether oxygens (including phenoxy) is 5. The average Bonchev–Trinajstić information content (AvgIpc) is 3.86. The van der Waals surface area contributed by atoms with Crippen LogP contribution in [0.2, 0.25) is 0 Å².